The molecule has 4 heterocycles. The molecule has 0 spiro atoms. The second-order valence-electron chi connectivity index (χ2n) is 9.07. The number of unbranched alkanes of at least 4 members (excludes halogenated alkanes) is 1. The van der Waals surface area contributed by atoms with E-state index in [1.807, 2.05) is 42.5 Å². The average molecular weight is 503 g/mol. The number of fused-ring (bicyclic) bond motifs is 1. The molecule has 4 aromatic rings. The zero-order valence-corrected chi connectivity index (χ0v) is 21.0. The maximum absolute atomic E-state index is 12.6. The van der Waals surface area contributed by atoms with Crippen LogP contribution in [0.15, 0.2) is 65.2 Å². The number of nitrogens with one attached hydrogen (secondary N) is 2. The van der Waals surface area contributed by atoms with Crippen molar-refractivity contribution in [1.82, 2.24) is 15.2 Å². The Labute approximate surface area is 214 Å². The SMILES string of the molecule is O=C(NCCCCN1CCCCC1)c1ccc(-c2ccc(NC(=O)c3cc4cccnc4s3)cc2)o1. The lowest BCUT2D eigenvalue weighted by molar-refractivity contribution is 0.0925. The predicted molar refractivity (Wildman–Crippen MR) is 144 cm³/mol. The van der Waals surface area contributed by atoms with Crippen molar-refractivity contribution in [3.63, 3.8) is 0 Å². The van der Waals surface area contributed by atoms with E-state index in [4.69, 9.17) is 4.42 Å². The molecule has 1 saturated heterocycles. The van der Waals surface area contributed by atoms with Crippen LogP contribution in [0.2, 0.25) is 0 Å². The number of thiophene rings is 1. The summed E-state index contributed by atoms with van der Waals surface area (Å²) in [5.41, 5.74) is 1.52. The Kier molecular flexibility index (Phi) is 7.73. The first-order valence-electron chi connectivity index (χ1n) is 12.5. The van der Waals surface area contributed by atoms with Crippen molar-refractivity contribution < 1.29 is 14.0 Å². The number of rotatable bonds is 9. The molecule has 36 heavy (non-hydrogen) atoms. The highest BCUT2D eigenvalue weighted by atomic mass is 32.1. The number of benzene rings is 1. The maximum Gasteiger partial charge on any atom is 0.287 e. The number of aromatic nitrogens is 1. The Bertz CT molecular complexity index is 1290. The molecular formula is C28H30N4O3S. The fourth-order valence-corrected chi connectivity index (χ4v) is 5.34. The van der Waals surface area contributed by atoms with E-state index >= 15 is 0 Å². The standard InChI is InChI=1S/C28H30N4O3S/c33-26(29-14-2-5-18-32-16-3-1-4-17-32)24-13-12-23(35-24)20-8-10-22(11-9-20)31-27(34)25-19-21-7-6-15-30-28(21)36-25/h6-13,15,19H,1-5,14,16-18H2,(H,29,33)(H,31,34). The number of carbonyl (C=O) groups is 2. The fraction of sp³-hybridized carbons (Fsp3) is 0.321. The number of furan rings is 1. The van der Waals surface area contributed by atoms with Gasteiger partial charge in [-0.3, -0.25) is 9.59 Å². The molecule has 186 valence electrons. The van der Waals surface area contributed by atoms with E-state index in [0.717, 1.165) is 35.2 Å². The molecule has 1 aliphatic heterocycles. The Balaban J connectivity index is 1.10. The second kappa shape index (κ2) is 11.5. The number of amides is 2. The summed E-state index contributed by atoms with van der Waals surface area (Å²) < 4.78 is 5.79. The van der Waals surface area contributed by atoms with Crippen LogP contribution in [0, 0.1) is 0 Å². The average Bonchev–Trinajstić information content (AvgIpc) is 3.57. The molecule has 1 aromatic carbocycles. The number of hydrogen-bond acceptors (Lipinski definition) is 6. The first kappa shape index (κ1) is 24.2. The van der Waals surface area contributed by atoms with Crippen molar-refractivity contribution >= 4 is 39.1 Å². The van der Waals surface area contributed by atoms with Crippen LogP contribution < -0.4 is 10.6 Å². The molecule has 3 aromatic heterocycles. The minimum Gasteiger partial charge on any atom is -0.451 e. The summed E-state index contributed by atoms with van der Waals surface area (Å²) in [6.45, 7) is 4.17. The largest absolute Gasteiger partial charge is 0.451 e. The third-order valence-electron chi connectivity index (χ3n) is 6.41. The van der Waals surface area contributed by atoms with Crippen LogP contribution >= 0.6 is 11.3 Å². The number of hydrogen-bond donors (Lipinski definition) is 2. The van der Waals surface area contributed by atoms with Gasteiger partial charge in [0.25, 0.3) is 11.8 Å². The van der Waals surface area contributed by atoms with E-state index in [1.54, 1.807) is 18.3 Å². The second-order valence-corrected chi connectivity index (χ2v) is 10.1. The normalized spacial score (nSPS) is 14.1. The van der Waals surface area contributed by atoms with Crippen LogP contribution in [0.3, 0.4) is 0 Å². The Morgan fingerprint density at radius 1 is 0.972 bits per heavy atom. The van der Waals surface area contributed by atoms with Crippen molar-refractivity contribution in [2.24, 2.45) is 0 Å². The van der Waals surface area contributed by atoms with Crippen molar-refractivity contribution in [2.75, 3.05) is 31.5 Å². The van der Waals surface area contributed by atoms with Gasteiger partial charge in [0, 0.05) is 29.4 Å². The molecule has 1 fully saturated rings. The van der Waals surface area contributed by atoms with Crippen molar-refractivity contribution in [1.29, 1.82) is 0 Å². The van der Waals surface area contributed by atoms with Gasteiger partial charge >= 0.3 is 0 Å². The third kappa shape index (κ3) is 6.01. The van der Waals surface area contributed by atoms with E-state index in [0.29, 0.717) is 28.6 Å². The molecule has 0 radical (unpaired) electrons. The van der Waals surface area contributed by atoms with Crippen LogP contribution in [0.25, 0.3) is 21.5 Å². The number of carbonyl (C=O) groups excluding carboxylic acids is 2. The van der Waals surface area contributed by atoms with Crippen molar-refractivity contribution in [3.05, 3.63) is 71.4 Å². The van der Waals surface area contributed by atoms with Gasteiger partial charge in [-0.05, 0) is 93.8 Å². The van der Waals surface area contributed by atoms with Crippen molar-refractivity contribution in [2.45, 2.75) is 32.1 Å². The summed E-state index contributed by atoms with van der Waals surface area (Å²) in [5, 5.41) is 6.83. The lowest BCUT2D eigenvalue weighted by atomic mass is 10.1. The zero-order valence-electron chi connectivity index (χ0n) is 20.2. The van der Waals surface area contributed by atoms with Gasteiger partial charge in [-0.25, -0.2) is 4.98 Å². The number of nitrogens with zero attached hydrogens (tertiary/aromatic N) is 2. The number of piperidine rings is 1. The third-order valence-corrected chi connectivity index (χ3v) is 7.47. The van der Waals surface area contributed by atoms with Gasteiger partial charge in [0.05, 0.1) is 4.88 Å². The topological polar surface area (TPSA) is 87.5 Å². The number of anilines is 1. The summed E-state index contributed by atoms with van der Waals surface area (Å²) >= 11 is 1.37. The summed E-state index contributed by atoms with van der Waals surface area (Å²) in [4.78, 5) is 33.4. The van der Waals surface area contributed by atoms with E-state index in [9.17, 15) is 9.59 Å². The summed E-state index contributed by atoms with van der Waals surface area (Å²) in [6, 6.07) is 16.5. The monoisotopic (exact) mass is 502 g/mol. The van der Waals surface area contributed by atoms with Gasteiger partial charge < -0.3 is 20.0 Å². The summed E-state index contributed by atoms with van der Waals surface area (Å²) in [5.74, 6) is 0.551. The highest BCUT2D eigenvalue weighted by molar-refractivity contribution is 7.20. The molecule has 2 N–H and O–H groups in total. The molecular weight excluding hydrogens is 472 g/mol. The van der Waals surface area contributed by atoms with Gasteiger partial charge in [-0.2, -0.15) is 0 Å². The quantitative estimate of drug-likeness (QED) is 0.282. The van der Waals surface area contributed by atoms with Gasteiger partial charge in [-0.1, -0.05) is 12.5 Å². The van der Waals surface area contributed by atoms with Crippen molar-refractivity contribution in [3.8, 4) is 11.3 Å². The predicted octanol–water partition coefficient (Wildman–Crippen LogP) is 5.80. The summed E-state index contributed by atoms with van der Waals surface area (Å²) in [7, 11) is 0. The molecule has 2 amide bonds. The van der Waals surface area contributed by atoms with Crippen LogP contribution in [-0.4, -0.2) is 47.9 Å². The van der Waals surface area contributed by atoms with Gasteiger partial charge in [0.2, 0.25) is 0 Å². The van der Waals surface area contributed by atoms with Gasteiger partial charge in [0.1, 0.15) is 10.6 Å². The molecule has 7 nitrogen and oxygen atoms in total. The molecule has 0 unspecified atom stereocenters. The number of likely N-dealkylation sites (tertiary alicyclic amines) is 1. The minimum atomic E-state index is -0.194. The molecule has 1 aliphatic rings. The lowest BCUT2D eigenvalue weighted by Crippen LogP contribution is -2.31. The van der Waals surface area contributed by atoms with E-state index in [1.165, 1.54) is 43.7 Å². The fourth-order valence-electron chi connectivity index (χ4n) is 4.44. The van der Waals surface area contributed by atoms with Crippen LogP contribution in [0.4, 0.5) is 5.69 Å². The maximum atomic E-state index is 12.6. The molecule has 0 aliphatic carbocycles. The molecule has 0 saturated carbocycles. The Morgan fingerprint density at radius 3 is 2.61 bits per heavy atom. The van der Waals surface area contributed by atoms with Crippen LogP contribution in [0.5, 0.6) is 0 Å². The van der Waals surface area contributed by atoms with Crippen LogP contribution in [0.1, 0.15) is 52.3 Å². The highest BCUT2D eigenvalue weighted by Crippen LogP contribution is 2.26. The first-order valence-corrected chi connectivity index (χ1v) is 13.3. The first-order chi connectivity index (χ1) is 17.7. The van der Waals surface area contributed by atoms with E-state index in [2.05, 4.69) is 20.5 Å². The molecule has 8 heteroatoms. The molecule has 5 rings (SSSR count). The summed E-state index contributed by atoms with van der Waals surface area (Å²) in [6.07, 6.45) is 7.73. The Morgan fingerprint density at radius 2 is 1.81 bits per heavy atom. The highest BCUT2D eigenvalue weighted by Gasteiger charge is 2.14. The van der Waals surface area contributed by atoms with E-state index in [-0.39, 0.29) is 11.8 Å². The zero-order chi connectivity index (χ0) is 24.7. The molecule has 0 bridgehead atoms. The van der Waals surface area contributed by atoms with E-state index < -0.39 is 0 Å². The molecule has 0 atom stereocenters. The smallest absolute Gasteiger partial charge is 0.287 e. The van der Waals surface area contributed by atoms with Gasteiger partial charge in [0.15, 0.2) is 5.76 Å². The Hall–Kier alpha value is -3.49. The van der Waals surface area contributed by atoms with Gasteiger partial charge in [-0.15, -0.1) is 11.3 Å². The van der Waals surface area contributed by atoms with Crippen LogP contribution in [-0.2, 0) is 0 Å². The minimum absolute atomic E-state index is 0.168. The number of pyridine rings is 1. The lowest BCUT2D eigenvalue weighted by Gasteiger charge is -2.26.